The molecule has 0 saturated carbocycles. The summed E-state index contributed by atoms with van der Waals surface area (Å²) in [4.78, 5) is 21.9. The number of carbonyl (C=O) groups is 2. The molecule has 0 fully saturated rings. The van der Waals surface area contributed by atoms with Gasteiger partial charge in [-0.3, -0.25) is 9.59 Å². The Morgan fingerprint density at radius 3 is 2.40 bits per heavy atom. The van der Waals surface area contributed by atoms with E-state index in [4.69, 9.17) is 4.74 Å². The van der Waals surface area contributed by atoms with Gasteiger partial charge >= 0.3 is 0 Å². The van der Waals surface area contributed by atoms with E-state index in [1.54, 1.807) is 31.4 Å². The molecule has 0 aliphatic heterocycles. The third-order valence-electron chi connectivity index (χ3n) is 1.75. The maximum absolute atomic E-state index is 11.4. The molecule has 0 aliphatic carbocycles. The van der Waals surface area contributed by atoms with Crippen LogP contribution in [0.2, 0.25) is 0 Å². The van der Waals surface area contributed by atoms with Crippen molar-refractivity contribution < 1.29 is 14.3 Å². The number of nitrogens with one attached hydrogen (secondary N) is 1. The standard InChI is InChI=1S/C10H11NO3S/c1-14-8-4-2-7(3-5-8)10(13)11-6-9(12)15/h2-5H,6H2,1H3,(H,11,13)(H,12,15). The van der Waals surface area contributed by atoms with E-state index in [9.17, 15) is 9.59 Å². The SMILES string of the molecule is COc1ccc(C(=O)NCC(=O)S)cc1. The molecule has 0 saturated heterocycles. The summed E-state index contributed by atoms with van der Waals surface area (Å²) in [6.07, 6.45) is 0. The fourth-order valence-corrected chi connectivity index (χ4v) is 1.08. The summed E-state index contributed by atoms with van der Waals surface area (Å²) in [5.41, 5.74) is 0.477. The predicted octanol–water partition coefficient (Wildman–Crippen LogP) is 0.881. The molecule has 1 aromatic rings. The summed E-state index contributed by atoms with van der Waals surface area (Å²) in [5.74, 6) is 0.372. The maximum atomic E-state index is 11.4. The number of amides is 1. The Labute approximate surface area is 93.0 Å². The van der Waals surface area contributed by atoms with Gasteiger partial charge in [0, 0.05) is 5.56 Å². The molecule has 5 heteroatoms. The molecule has 0 radical (unpaired) electrons. The minimum atomic E-state index is -0.378. The second kappa shape index (κ2) is 5.41. The van der Waals surface area contributed by atoms with Gasteiger partial charge in [0.05, 0.1) is 13.7 Å². The fourth-order valence-electron chi connectivity index (χ4n) is 1.00. The summed E-state index contributed by atoms with van der Waals surface area (Å²) in [5, 5.41) is 2.05. The maximum Gasteiger partial charge on any atom is 0.251 e. The van der Waals surface area contributed by atoms with Crippen LogP contribution in [0.3, 0.4) is 0 Å². The van der Waals surface area contributed by atoms with Crippen molar-refractivity contribution in [2.75, 3.05) is 13.7 Å². The van der Waals surface area contributed by atoms with Gasteiger partial charge in [0.1, 0.15) is 5.75 Å². The molecule has 0 heterocycles. The van der Waals surface area contributed by atoms with Crippen molar-refractivity contribution in [2.45, 2.75) is 0 Å². The highest BCUT2D eigenvalue weighted by Crippen LogP contribution is 2.10. The van der Waals surface area contributed by atoms with Gasteiger partial charge in [-0.15, -0.1) is 12.6 Å². The Bertz CT molecular complexity index is 361. The molecule has 1 amide bonds. The van der Waals surface area contributed by atoms with Gasteiger partial charge in [0.2, 0.25) is 5.12 Å². The molecular formula is C10H11NO3S. The summed E-state index contributed by atoms with van der Waals surface area (Å²) < 4.78 is 4.95. The lowest BCUT2D eigenvalue weighted by Crippen LogP contribution is -2.27. The zero-order chi connectivity index (χ0) is 11.3. The van der Waals surface area contributed by atoms with Gasteiger partial charge in [0.15, 0.2) is 0 Å². The average molecular weight is 225 g/mol. The zero-order valence-electron chi connectivity index (χ0n) is 8.19. The van der Waals surface area contributed by atoms with Crippen LogP contribution in [-0.4, -0.2) is 24.7 Å². The van der Waals surface area contributed by atoms with Gasteiger partial charge in [0.25, 0.3) is 5.91 Å². The van der Waals surface area contributed by atoms with Crippen molar-refractivity contribution in [3.8, 4) is 5.75 Å². The third kappa shape index (κ3) is 3.63. The van der Waals surface area contributed by atoms with Gasteiger partial charge in [-0.2, -0.15) is 0 Å². The Balaban J connectivity index is 2.62. The lowest BCUT2D eigenvalue weighted by Gasteiger charge is -2.03. The number of ether oxygens (including phenoxy) is 1. The Hall–Kier alpha value is -1.49. The molecule has 0 atom stereocenters. The number of benzene rings is 1. The molecule has 0 bridgehead atoms. The summed E-state index contributed by atoms with van der Waals surface area (Å²) in [7, 11) is 1.55. The second-order valence-corrected chi connectivity index (χ2v) is 3.30. The first kappa shape index (κ1) is 11.6. The number of rotatable bonds is 4. The highest BCUT2D eigenvalue weighted by atomic mass is 32.1. The first-order valence-electron chi connectivity index (χ1n) is 4.27. The normalized spacial score (nSPS) is 9.47. The van der Waals surface area contributed by atoms with E-state index in [0.717, 1.165) is 0 Å². The van der Waals surface area contributed by atoms with E-state index in [2.05, 4.69) is 17.9 Å². The first-order valence-corrected chi connectivity index (χ1v) is 4.72. The van der Waals surface area contributed by atoms with Crippen LogP contribution in [0.5, 0.6) is 5.75 Å². The first-order chi connectivity index (χ1) is 7.13. The smallest absolute Gasteiger partial charge is 0.251 e. The molecule has 0 aliphatic rings. The van der Waals surface area contributed by atoms with Crippen molar-refractivity contribution in [1.82, 2.24) is 5.32 Å². The van der Waals surface area contributed by atoms with Crippen LogP contribution in [0.25, 0.3) is 0 Å². The van der Waals surface area contributed by atoms with Crippen LogP contribution in [0.1, 0.15) is 10.4 Å². The minimum absolute atomic E-state index is 0.0754. The summed E-state index contributed by atoms with van der Waals surface area (Å²) in [6.45, 7) is -0.0754. The van der Waals surface area contributed by atoms with Crippen LogP contribution in [0, 0.1) is 0 Å². The van der Waals surface area contributed by atoms with Crippen molar-refractivity contribution in [1.29, 1.82) is 0 Å². The van der Waals surface area contributed by atoms with Crippen molar-refractivity contribution >= 4 is 23.7 Å². The Morgan fingerprint density at radius 1 is 1.33 bits per heavy atom. The number of carbonyl (C=O) groups excluding carboxylic acids is 2. The Morgan fingerprint density at radius 2 is 1.93 bits per heavy atom. The molecule has 1 N–H and O–H groups in total. The van der Waals surface area contributed by atoms with E-state index in [1.807, 2.05) is 0 Å². The van der Waals surface area contributed by atoms with E-state index >= 15 is 0 Å². The van der Waals surface area contributed by atoms with E-state index in [0.29, 0.717) is 11.3 Å². The molecular weight excluding hydrogens is 214 g/mol. The number of hydrogen-bond donors (Lipinski definition) is 2. The zero-order valence-corrected chi connectivity index (χ0v) is 9.08. The van der Waals surface area contributed by atoms with Gasteiger partial charge in [-0.1, -0.05) is 0 Å². The second-order valence-electron chi connectivity index (χ2n) is 2.80. The van der Waals surface area contributed by atoms with Crippen LogP contribution in [0.15, 0.2) is 24.3 Å². The van der Waals surface area contributed by atoms with Crippen molar-refractivity contribution in [2.24, 2.45) is 0 Å². The van der Waals surface area contributed by atoms with Crippen molar-refractivity contribution in [3.63, 3.8) is 0 Å². The quantitative estimate of drug-likeness (QED) is 0.748. The summed E-state index contributed by atoms with van der Waals surface area (Å²) in [6, 6.07) is 6.60. The molecule has 80 valence electrons. The van der Waals surface area contributed by atoms with Crippen LogP contribution in [0.4, 0.5) is 0 Å². The lowest BCUT2D eigenvalue weighted by molar-refractivity contribution is -0.110. The third-order valence-corrected chi connectivity index (χ3v) is 1.91. The van der Waals surface area contributed by atoms with Gasteiger partial charge in [-0.25, -0.2) is 0 Å². The molecule has 0 unspecified atom stereocenters. The molecule has 1 aromatic carbocycles. The van der Waals surface area contributed by atoms with Gasteiger partial charge in [-0.05, 0) is 24.3 Å². The molecule has 0 aromatic heterocycles. The average Bonchev–Trinajstić information content (AvgIpc) is 2.26. The predicted molar refractivity (Wildman–Crippen MR) is 59.3 cm³/mol. The van der Waals surface area contributed by atoms with E-state index < -0.39 is 0 Å². The minimum Gasteiger partial charge on any atom is -0.497 e. The summed E-state index contributed by atoms with van der Waals surface area (Å²) >= 11 is 3.54. The largest absolute Gasteiger partial charge is 0.497 e. The van der Waals surface area contributed by atoms with Crippen LogP contribution in [-0.2, 0) is 4.79 Å². The van der Waals surface area contributed by atoms with Crippen molar-refractivity contribution in [3.05, 3.63) is 29.8 Å². The highest BCUT2D eigenvalue weighted by molar-refractivity contribution is 7.96. The lowest BCUT2D eigenvalue weighted by atomic mass is 10.2. The van der Waals surface area contributed by atoms with E-state index in [1.165, 1.54) is 0 Å². The molecule has 4 nitrogen and oxygen atoms in total. The topological polar surface area (TPSA) is 55.4 Å². The number of methoxy groups -OCH3 is 1. The van der Waals surface area contributed by atoms with Gasteiger partial charge < -0.3 is 10.1 Å². The number of thiol groups is 1. The van der Waals surface area contributed by atoms with E-state index in [-0.39, 0.29) is 17.6 Å². The number of hydrogen-bond acceptors (Lipinski definition) is 3. The Kier molecular flexibility index (Phi) is 4.17. The molecule has 0 spiro atoms. The molecule has 15 heavy (non-hydrogen) atoms. The monoisotopic (exact) mass is 225 g/mol. The highest BCUT2D eigenvalue weighted by Gasteiger charge is 2.05. The fraction of sp³-hybridized carbons (Fsp3) is 0.200. The molecule has 1 rings (SSSR count). The van der Waals surface area contributed by atoms with Crippen LogP contribution >= 0.6 is 12.6 Å². The van der Waals surface area contributed by atoms with Crippen LogP contribution < -0.4 is 10.1 Å².